The molecule has 0 aromatic heterocycles. The lowest BCUT2D eigenvalue weighted by molar-refractivity contribution is -0.122. The SMILES string of the molecule is CCCCC(N=C1NS(=O)(=O)c2ccccc21)C(=O)NCCCCN. The Morgan fingerprint density at radius 3 is 2.76 bits per heavy atom. The third-order valence-corrected chi connectivity index (χ3v) is 5.41. The summed E-state index contributed by atoms with van der Waals surface area (Å²) in [5.74, 6) is 0.0651. The maximum Gasteiger partial charge on any atom is 0.263 e. The third kappa shape index (κ3) is 5.02. The maximum atomic E-state index is 12.4. The Morgan fingerprint density at radius 1 is 1.28 bits per heavy atom. The van der Waals surface area contributed by atoms with Gasteiger partial charge in [0.25, 0.3) is 10.0 Å². The van der Waals surface area contributed by atoms with Crippen LogP contribution in [0.2, 0.25) is 0 Å². The molecule has 0 bridgehead atoms. The standard InChI is InChI=1S/C17H26N4O3S/c1-2-3-9-14(17(22)19-12-7-6-11-18)20-16-13-8-4-5-10-15(13)25(23,24)21-16/h4-5,8,10,14H,2-3,6-7,9,11-12,18H2,1H3,(H,19,22)(H,20,21). The molecule has 2 rings (SSSR count). The summed E-state index contributed by atoms with van der Waals surface area (Å²) < 4.78 is 26.8. The number of fused-ring (bicyclic) bond motifs is 1. The Balaban J connectivity index is 2.18. The van der Waals surface area contributed by atoms with E-state index in [1.807, 2.05) is 6.92 Å². The largest absolute Gasteiger partial charge is 0.354 e. The van der Waals surface area contributed by atoms with Gasteiger partial charge in [-0.1, -0.05) is 31.9 Å². The lowest BCUT2D eigenvalue weighted by atomic mass is 10.1. The fourth-order valence-corrected chi connectivity index (χ4v) is 3.88. The molecule has 1 aliphatic rings. The van der Waals surface area contributed by atoms with E-state index in [4.69, 9.17) is 5.73 Å². The number of carbonyl (C=O) groups is 1. The van der Waals surface area contributed by atoms with Gasteiger partial charge in [-0.3, -0.25) is 14.5 Å². The summed E-state index contributed by atoms with van der Waals surface area (Å²) in [4.78, 5) is 17.1. The number of benzene rings is 1. The van der Waals surface area contributed by atoms with Crippen LogP contribution in [-0.2, 0) is 14.8 Å². The first-order valence-electron chi connectivity index (χ1n) is 8.67. The van der Waals surface area contributed by atoms with Gasteiger partial charge in [-0.05, 0) is 37.9 Å². The summed E-state index contributed by atoms with van der Waals surface area (Å²) >= 11 is 0. The molecule has 7 nitrogen and oxygen atoms in total. The van der Waals surface area contributed by atoms with Crippen LogP contribution in [0.5, 0.6) is 0 Å². The average Bonchev–Trinajstić information content (AvgIpc) is 2.86. The minimum Gasteiger partial charge on any atom is -0.354 e. The number of rotatable bonds is 9. The molecule has 1 unspecified atom stereocenters. The monoisotopic (exact) mass is 366 g/mol. The van der Waals surface area contributed by atoms with Gasteiger partial charge in [0.2, 0.25) is 5.91 Å². The number of amides is 1. The average molecular weight is 366 g/mol. The number of nitrogens with two attached hydrogens (primary N) is 1. The number of aliphatic imine (C=N–C) groups is 1. The second-order valence-electron chi connectivity index (χ2n) is 6.02. The van der Waals surface area contributed by atoms with Gasteiger partial charge in [0.1, 0.15) is 11.9 Å². The van der Waals surface area contributed by atoms with E-state index >= 15 is 0 Å². The van der Waals surface area contributed by atoms with Crippen LogP contribution in [-0.4, -0.2) is 39.3 Å². The molecule has 4 N–H and O–H groups in total. The van der Waals surface area contributed by atoms with E-state index in [2.05, 4.69) is 15.0 Å². The van der Waals surface area contributed by atoms with Crippen molar-refractivity contribution in [2.75, 3.05) is 13.1 Å². The highest BCUT2D eigenvalue weighted by molar-refractivity contribution is 7.90. The van der Waals surface area contributed by atoms with Crippen molar-refractivity contribution in [2.24, 2.45) is 10.7 Å². The van der Waals surface area contributed by atoms with E-state index in [1.54, 1.807) is 18.2 Å². The highest BCUT2D eigenvalue weighted by Crippen LogP contribution is 2.23. The number of sulfonamides is 1. The van der Waals surface area contributed by atoms with E-state index in [0.717, 1.165) is 25.7 Å². The van der Waals surface area contributed by atoms with Crippen LogP contribution in [0.25, 0.3) is 0 Å². The van der Waals surface area contributed by atoms with E-state index in [0.29, 0.717) is 25.1 Å². The van der Waals surface area contributed by atoms with Crippen molar-refractivity contribution in [2.45, 2.75) is 50.0 Å². The van der Waals surface area contributed by atoms with Crippen molar-refractivity contribution >= 4 is 21.8 Å². The number of hydrogen-bond acceptors (Lipinski definition) is 5. The minimum atomic E-state index is -3.60. The van der Waals surface area contributed by atoms with Gasteiger partial charge in [-0.25, -0.2) is 8.42 Å². The minimum absolute atomic E-state index is 0.179. The summed E-state index contributed by atoms with van der Waals surface area (Å²) in [6.45, 7) is 3.18. The van der Waals surface area contributed by atoms with Crippen molar-refractivity contribution < 1.29 is 13.2 Å². The van der Waals surface area contributed by atoms with Crippen molar-refractivity contribution in [3.8, 4) is 0 Å². The Kier molecular flexibility index (Phi) is 6.95. The Morgan fingerprint density at radius 2 is 2.04 bits per heavy atom. The highest BCUT2D eigenvalue weighted by Gasteiger charge is 2.31. The van der Waals surface area contributed by atoms with Gasteiger partial charge in [0, 0.05) is 12.1 Å². The van der Waals surface area contributed by atoms with Crippen LogP contribution in [0.4, 0.5) is 0 Å². The van der Waals surface area contributed by atoms with Crippen LogP contribution in [0.15, 0.2) is 34.2 Å². The second kappa shape index (κ2) is 8.96. The molecule has 1 heterocycles. The summed E-state index contributed by atoms with van der Waals surface area (Å²) in [6, 6.07) is 6.04. The molecule has 1 aliphatic heterocycles. The van der Waals surface area contributed by atoms with Gasteiger partial charge in [-0.2, -0.15) is 0 Å². The quantitative estimate of drug-likeness (QED) is 0.569. The van der Waals surface area contributed by atoms with Crippen LogP contribution in [0.3, 0.4) is 0 Å². The van der Waals surface area contributed by atoms with Crippen LogP contribution >= 0.6 is 0 Å². The molecule has 0 radical (unpaired) electrons. The number of nitrogens with zero attached hydrogens (tertiary/aromatic N) is 1. The molecule has 1 aromatic carbocycles. The molecular weight excluding hydrogens is 340 g/mol. The fraction of sp³-hybridized carbons (Fsp3) is 0.529. The first-order valence-corrected chi connectivity index (χ1v) is 10.2. The molecule has 1 aromatic rings. The normalized spacial score (nSPS) is 17.8. The first-order chi connectivity index (χ1) is 12.0. The highest BCUT2D eigenvalue weighted by atomic mass is 32.2. The van der Waals surface area contributed by atoms with E-state index in [1.165, 1.54) is 6.07 Å². The number of carbonyl (C=O) groups excluding carboxylic acids is 1. The summed E-state index contributed by atoms with van der Waals surface area (Å²) in [6.07, 6.45) is 4.01. The zero-order valence-electron chi connectivity index (χ0n) is 14.5. The topological polar surface area (TPSA) is 114 Å². The van der Waals surface area contributed by atoms with Crippen LogP contribution < -0.4 is 15.8 Å². The van der Waals surface area contributed by atoms with Crippen molar-refractivity contribution in [1.29, 1.82) is 0 Å². The van der Waals surface area contributed by atoms with Crippen molar-refractivity contribution in [1.82, 2.24) is 10.0 Å². The zero-order chi connectivity index (χ0) is 18.3. The van der Waals surface area contributed by atoms with Crippen molar-refractivity contribution in [3.05, 3.63) is 29.8 Å². The predicted octanol–water partition coefficient (Wildman–Crippen LogP) is 1.14. The van der Waals surface area contributed by atoms with Gasteiger partial charge in [0.15, 0.2) is 0 Å². The molecule has 0 saturated carbocycles. The molecule has 0 saturated heterocycles. The molecule has 1 atom stereocenters. The maximum absolute atomic E-state index is 12.4. The Labute approximate surface area is 149 Å². The van der Waals surface area contributed by atoms with Crippen molar-refractivity contribution in [3.63, 3.8) is 0 Å². The lowest BCUT2D eigenvalue weighted by Gasteiger charge is -2.14. The summed E-state index contributed by atoms with van der Waals surface area (Å²) in [7, 11) is -3.60. The number of unbranched alkanes of at least 4 members (excludes halogenated alkanes) is 2. The number of hydrogen-bond donors (Lipinski definition) is 3. The van der Waals surface area contributed by atoms with E-state index < -0.39 is 16.1 Å². The molecule has 1 amide bonds. The van der Waals surface area contributed by atoms with Gasteiger partial charge >= 0.3 is 0 Å². The smallest absolute Gasteiger partial charge is 0.263 e. The Bertz CT molecular complexity index is 731. The van der Waals surface area contributed by atoms with Gasteiger partial charge < -0.3 is 11.1 Å². The molecule has 0 fully saturated rings. The molecule has 25 heavy (non-hydrogen) atoms. The summed E-state index contributed by atoms with van der Waals surface area (Å²) in [5, 5.41) is 2.87. The first kappa shape index (κ1) is 19.4. The lowest BCUT2D eigenvalue weighted by Crippen LogP contribution is -2.36. The zero-order valence-corrected chi connectivity index (χ0v) is 15.3. The molecular formula is C17H26N4O3S. The van der Waals surface area contributed by atoms with E-state index in [-0.39, 0.29) is 16.6 Å². The predicted molar refractivity (Wildman–Crippen MR) is 97.9 cm³/mol. The number of amidine groups is 1. The van der Waals surface area contributed by atoms with E-state index in [9.17, 15) is 13.2 Å². The van der Waals surface area contributed by atoms with Gasteiger partial charge in [-0.15, -0.1) is 0 Å². The molecule has 0 spiro atoms. The molecule has 138 valence electrons. The van der Waals surface area contributed by atoms with Crippen LogP contribution in [0, 0.1) is 0 Å². The fourth-order valence-electron chi connectivity index (χ4n) is 2.64. The van der Waals surface area contributed by atoms with Gasteiger partial charge in [0.05, 0.1) is 4.90 Å². The Hall–Kier alpha value is -1.93. The third-order valence-electron chi connectivity index (χ3n) is 4.01. The van der Waals surface area contributed by atoms with Crippen LogP contribution in [0.1, 0.15) is 44.6 Å². The molecule has 8 heteroatoms. The summed E-state index contributed by atoms with van der Waals surface area (Å²) in [5.41, 5.74) is 5.96. The second-order valence-corrected chi connectivity index (χ2v) is 7.68. The number of nitrogens with one attached hydrogen (secondary N) is 2. The molecule has 0 aliphatic carbocycles.